The van der Waals surface area contributed by atoms with Crippen molar-refractivity contribution in [3.63, 3.8) is 0 Å². The molecular formula is C13H11F2NO3. The van der Waals surface area contributed by atoms with Gasteiger partial charge in [-0.05, 0) is 18.2 Å². The molecule has 0 amide bonds. The minimum atomic E-state index is -1.19. The van der Waals surface area contributed by atoms with E-state index in [1.54, 1.807) is 7.05 Å². The second-order valence-electron chi connectivity index (χ2n) is 4.03. The average molecular weight is 267 g/mol. The second-order valence-corrected chi connectivity index (χ2v) is 4.03. The molecular weight excluding hydrogens is 256 g/mol. The molecule has 0 aliphatic heterocycles. The molecule has 0 atom stereocenters. The van der Waals surface area contributed by atoms with E-state index in [0.717, 1.165) is 12.1 Å². The minimum absolute atomic E-state index is 0.140. The standard InChI is InChI=1S/C13H11F2NO3/c1-16(11-3-2-9(14)6-10(11)15)7-8-4-5-19-12(8)13(17)18/h2-6H,7H2,1H3,(H,17,18). The fraction of sp³-hybridized carbons (Fsp3) is 0.154. The van der Waals surface area contributed by atoms with Gasteiger partial charge in [0.2, 0.25) is 5.76 Å². The predicted octanol–water partition coefficient (Wildman–Crippen LogP) is 2.89. The molecule has 6 heteroatoms. The van der Waals surface area contributed by atoms with Gasteiger partial charge in [0.15, 0.2) is 0 Å². The van der Waals surface area contributed by atoms with E-state index in [1.807, 2.05) is 0 Å². The molecule has 0 unspecified atom stereocenters. The number of halogens is 2. The van der Waals surface area contributed by atoms with Gasteiger partial charge in [-0.2, -0.15) is 0 Å². The number of anilines is 1. The lowest BCUT2D eigenvalue weighted by Crippen LogP contribution is -2.19. The van der Waals surface area contributed by atoms with Crippen molar-refractivity contribution < 1.29 is 23.1 Å². The first-order valence-electron chi connectivity index (χ1n) is 5.45. The Labute approximate surface area is 107 Å². The summed E-state index contributed by atoms with van der Waals surface area (Å²) in [6, 6.07) is 4.72. The van der Waals surface area contributed by atoms with E-state index in [-0.39, 0.29) is 18.0 Å². The van der Waals surface area contributed by atoms with Crippen LogP contribution < -0.4 is 4.90 Å². The number of hydrogen-bond acceptors (Lipinski definition) is 3. The van der Waals surface area contributed by atoms with Crippen LogP contribution in [0.25, 0.3) is 0 Å². The lowest BCUT2D eigenvalue weighted by atomic mass is 10.2. The van der Waals surface area contributed by atoms with Crippen molar-refractivity contribution >= 4 is 11.7 Å². The fourth-order valence-electron chi connectivity index (χ4n) is 1.78. The highest BCUT2D eigenvalue weighted by atomic mass is 19.1. The van der Waals surface area contributed by atoms with E-state index >= 15 is 0 Å². The zero-order chi connectivity index (χ0) is 14.0. The van der Waals surface area contributed by atoms with E-state index in [9.17, 15) is 13.6 Å². The van der Waals surface area contributed by atoms with Gasteiger partial charge in [0.1, 0.15) is 11.6 Å². The molecule has 0 aliphatic rings. The Kier molecular flexibility index (Phi) is 3.50. The molecule has 0 saturated heterocycles. The molecule has 1 heterocycles. The molecule has 0 spiro atoms. The molecule has 4 nitrogen and oxygen atoms in total. The van der Waals surface area contributed by atoms with Crippen molar-refractivity contribution in [2.24, 2.45) is 0 Å². The van der Waals surface area contributed by atoms with Crippen LogP contribution in [0.5, 0.6) is 0 Å². The Hall–Kier alpha value is -2.37. The molecule has 0 aliphatic carbocycles. The molecule has 2 rings (SSSR count). The maximum Gasteiger partial charge on any atom is 0.372 e. The fourth-order valence-corrected chi connectivity index (χ4v) is 1.78. The molecule has 100 valence electrons. The van der Waals surface area contributed by atoms with Crippen LogP contribution in [0, 0.1) is 11.6 Å². The van der Waals surface area contributed by atoms with Crippen molar-refractivity contribution in [2.75, 3.05) is 11.9 Å². The Morgan fingerprint density at radius 1 is 1.37 bits per heavy atom. The smallest absolute Gasteiger partial charge is 0.372 e. The van der Waals surface area contributed by atoms with Crippen LogP contribution >= 0.6 is 0 Å². The van der Waals surface area contributed by atoms with Gasteiger partial charge >= 0.3 is 5.97 Å². The normalized spacial score (nSPS) is 10.5. The number of carboxylic acids is 1. The van der Waals surface area contributed by atoms with Crippen LogP contribution in [0.2, 0.25) is 0 Å². The van der Waals surface area contributed by atoms with Gasteiger partial charge in [-0.25, -0.2) is 13.6 Å². The van der Waals surface area contributed by atoms with Gasteiger partial charge in [0.25, 0.3) is 0 Å². The highest BCUT2D eigenvalue weighted by molar-refractivity contribution is 5.86. The van der Waals surface area contributed by atoms with E-state index in [1.165, 1.54) is 23.3 Å². The molecule has 0 fully saturated rings. The van der Waals surface area contributed by atoms with E-state index < -0.39 is 17.6 Å². The van der Waals surface area contributed by atoms with Gasteiger partial charge in [0, 0.05) is 25.2 Å². The summed E-state index contributed by atoms with van der Waals surface area (Å²) in [4.78, 5) is 12.4. The largest absolute Gasteiger partial charge is 0.475 e. The molecule has 2 aromatic rings. The third-order valence-corrected chi connectivity index (χ3v) is 2.67. The second kappa shape index (κ2) is 5.09. The highest BCUT2D eigenvalue weighted by Gasteiger charge is 2.17. The predicted molar refractivity (Wildman–Crippen MR) is 64.1 cm³/mol. The summed E-state index contributed by atoms with van der Waals surface area (Å²) in [5, 5.41) is 8.89. The van der Waals surface area contributed by atoms with Crippen molar-refractivity contribution in [3.8, 4) is 0 Å². The summed E-state index contributed by atoms with van der Waals surface area (Å²) in [5.41, 5.74) is 0.595. The lowest BCUT2D eigenvalue weighted by molar-refractivity contribution is 0.0661. The minimum Gasteiger partial charge on any atom is -0.475 e. The van der Waals surface area contributed by atoms with Crippen LogP contribution in [-0.2, 0) is 6.54 Å². The Bertz CT molecular complexity index is 610. The molecule has 0 saturated carbocycles. The molecule has 19 heavy (non-hydrogen) atoms. The first-order valence-corrected chi connectivity index (χ1v) is 5.45. The average Bonchev–Trinajstić information content (AvgIpc) is 2.76. The Morgan fingerprint density at radius 2 is 2.11 bits per heavy atom. The summed E-state index contributed by atoms with van der Waals surface area (Å²) in [6.07, 6.45) is 1.26. The molecule has 0 radical (unpaired) electrons. The quantitative estimate of drug-likeness (QED) is 0.925. The summed E-state index contributed by atoms with van der Waals surface area (Å²) in [7, 11) is 1.58. The van der Waals surface area contributed by atoms with Gasteiger partial charge in [-0.3, -0.25) is 0 Å². The summed E-state index contributed by atoms with van der Waals surface area (Å²) < 4.78 is 31.2. The first kappa shape index (κ1) is 13.1. The van der Waals surface area contributed by atoms with E-state index in [2.05, 4.69) is 0 Å². The Balaban J connectivity index is 2.23. The van der Waals surface area contributed by atoms with Crippen LogP contribution in [0.3, 0.4) is 0 Å². The van der Waals surface area contributed by atoms with Crippen LogP contribution in [0.1, 0.15) is 16.1 Å². The third kappa shape index (κ3) is 2.73. The Morgan fingerprint density at radius 3 is 2.74 bits per heavy atom. The topological polar surface area (TPSA) is 53.7 Å². The van der Waals surface area contributed by atoms with Crippen molar-refractivity contribution in [3.05, 3.63) is 53.5 Å². The number of benzene rings is 1. The zero-order valence-electron chi connectivity index (χ0n) is 10.1. The summed E-state index contributed by atoms with van der Waals surface area (Å²) in [5.74, 6) is -2.74. The maximum absolute atomic E-state index is 13.6. The lowest BCUT2D eigenvalue weighted by Gasteiger charge is -2.19. The number of aromatic carboxylic acids is 1. The maximum atomic E-state index is 13.6. The monoisotopic (exact) mass is 267 g/mol. The summed E-state index contributed by atoms with van der Waals surface area (Å²) >= 11 is 0. The van der Waals surface area contributed by atoms with Crippen molar-refractivity contribution in [1.29, 1.82) is 0 Å². The molecule has 1 N–H and O–H groups in total. The molecule has 0 bridgehead atoms. The van der Waals surface area contributed by atoms with Gasteiger partial charge in [-0.15, -0.1) is 0 Å². The zero-order valence-corrected chi connectivity index (χ0v) is 10.1. The molecule has 1 aromatic heterocycles. The summed E-state index contributed by atoms with van der Waals surface area (Å²) in [6.45, 7) is 0.140. The SMILES string of the molecule is CN(Cc1ccoc1C(=O)O)c1ccc(F)cc1F. The number of nitrogens with zero attached hydrogens (tertiary/aromatic N) is 1. The van der Waals surface area contributed by atoms with E-state index in [4.69, 9.17) is 9.52 Å². The van der Waals surface area contributed by atoms with Gasteiger partial charge < -0.3 is 14.4 Å². The number of rotatable bonds is 4. The number of furan rings is 1. The number of hydrogen-bond donors (Lipinski definition) is 1. The van der Waals surface area contributed by atoms with Crippen LogP contribution in [0.15, 0.2) is 34.9 Å². The number of carbonyl (C=O) groups is 1. The first-order chi connectivity index (χ1) is 8.99. The highest BCUT2D eigenvalue weighted by Crippen LogP contribution is 2.22. The van der Waals surface area contributed by atoms with Crippen LogP contribution in [0.4, 0.5) is 14.5 Å². The van der Waals surface area contributed by atoms with Crippen molar-refractivity contribution in [2.45, 2.75) is 6.54 Å². The van der Waals surface area contributed by atoms with Crippen LogP contribution in [-0.4, -0.2) is 18.1 Å². The van der Waals surface area contributed by atoms with Crippen molar-refractivity contribution in [1.82, 2.24) is 0 Å². The van der Waals surface area contributed by atoms with Gasteiger partial charge in [0.05, 0.1) is 12.0 Å². The third-order valence-electron chi connectivity index (χ3n) is 2.67. The van der Waals surface area contributed by atoms with E-state index in [0.29, 0.717) is 5.56 Å². The number of carboxylic acid groups (broad SMARTS) is 1. The van der Waals surface area contributed by atoms with Gasteiger partial charge in [-0.1, -0.05) is 0 Å². The molecule has 1 aromatic carbocycles.